The maximum absolute atomic E-state index is 12.6. The smallest absolute Gasteiger partial charge is 0.228 e. The third-order valence-electron chi connectivity index (χ3n) is 6.17. The Hall–Kier alpha value is -0.723. The molecular weight excluding hydrogens is 322 g/mol. The van der Waals surface area contributed by atoms with E-state index in [9.17, 15) is 9.59 Å². The monoisotopic (exact) mass is 355 g/mol. The Bertz CT molecular complexity index is 500. The average Bonchev–Trinajstić information content (AvgIpc) is 2.43. The zero-order chi connectivity index (χ0) is 18.3. The first kappa shape index (κ1) is 19.6. The van der Waals surface area contributed by atoms with Crippen molar-refractivity contribution in [3.8, 4) is 0 Å². The van der Waals surface area contributed by atoms with Gasteiger partial charge in [0.25, 0.3) is 0 Å². The molecule has 5 nitrogen and oxygen atoms in total. The van der Waals surface area contributed by atoms with E-state index < -0.39 is 8.32 Å². The SMILES string of the molecule is COC1CCC[C@H]([C@H]2NC(=O)[C@@H]2[C@@H](C)O[Si](C)(C)C(C)(C)C)C1=O. The highest BCUT2D eigenvalue weighted by molar-refractivity contribution is 6.74. The molecule has 24 heavy (non-hydrogen) atoms. The van der Waals surface area contributed by atoms with Crippen molar-refractivity contribution >= 4 is 20.0 Å². The van der Waals surface area contributed by atoms with Crippen molar-refractivity contribution in [2.24, 2.45) is 11.8 Å². The number of carbonyl (C=O) groups excluding carboxylic acids is 2. The van der Waals surface area contributed by atoms with E-state index >= 15 is 0 Å². The molecule has 1 heterocycles. The van der Waals surface area contributed by atoms with Gasteiger partial charge in [0, 0.05) is 13.0 Å². The Morgan fingerprint density at radius 1 is 1.21 bits per heavy atom. The number of rotatable bonds is 5. The van der Waals surface area contributed by atoms with Crippen LogP contribution in [0.15, 0.2) is 0 Å². The van der Waals surface area contributed by atoms with Gasteiger partial charge in [0.05, 0.1) is 18.1 Å². The maximum atomic E-state index is 12.6. The summed E-state index contributed by atoms with van der Waals surface area (Å²) in [6.45, 7) is 13.0. The molecule has 138 valence electrons. The van der Waals surface area contributed by atoms with Crippen LogP contribution < -0.4 is 5.32 Å². The summed E-state index contributed by atoms with van der Waals surface area (Å²) in [6, 6.07) is -0.109. The predicted octanol–water partition coefficient (Wildman–Crippen LogP) is 2.90. The first-order valence-corrected chi connectivity index (χ1v) is 11.9. The van der Waals surface area contributed by atoms with Gasteiger partial charge in [0.2, 0.25) is 5.91 Å². The van der Waals surface area contributed by atoms with Gasteiger partial charge in [-0.1, -0.05) is 20.8 Å². The molecule has 0 radical (unpaired) electrons. The van der Waals surface area contributed by atoms with Crippen molar-refractivity contribution in [1.82, 2.24) is 5.32 Å². The van der Waals surface area contributed by atoms with Crippen LogP contribution in [0.25, 0.3) is 0 Å². The molecule has 2 fully saturated rings. The minimum atomic E-state index is -1.95. The van der Waals surface area contributed by atoms with Gasteiger partial charge in [-0.25, -0.2) is 0 Å². The molecule has 0 aromatic carbocycles. The molecule has 0 bridgehead atoms. The van der Waals surface area contributed by atoms with Gasteiger partial charge in [0.1, 0.15) is 6.10 Å². The molecule has 1 N–H and O–H groups in total. The number of hydrogen-bond acceptors (Lipinski definition) is 4. The standard InChI is InChI=1S/C18H33NO4Si/c1-11(23-24(6,7)18(2,3)4)14-15(19-17(14)21)12-9-8-10-13(22-5)16(12)20/h11-15H,8-10H2,1-7H3,(H,19,21)/t11-,12-,13?,14-,15-/m1/s1. The third kappa shape index (κ3) is 3.60. The number of ether oxygens (including phenoxy) is 1. The number of hydrogen-bond donors (Lipinski definition) is 1. The van der Waals surface area contributed by atoms with Gasteiger partial charge in [-0.05, 0) is 44.3 Å². The molecule has 6 heteroatoms. The summed E-state index contributed by atoms with van der Waals surface area (Å²) >= 11 is 0. The van der Waals surface area contributed by atoms with Gasteiger partial charge in [0.15, 0.2) is 14.1 Å². The Labute approximate surface area is 147 Å². The summed E-state index contributed by atoms with van der Waals surface area (Å²) in [5.74, 6) is -0.225. The average molecular weight is 356 g/mol. The summed E-state index contributed by atoms with van der Waals surface area (Å²) in [5, 5.41) is 3.06. The van der Waals surface area contributed by atoms with Crippen LogP contribution in [-0.2, 0) is 18.8 Å². The second kappa shape index (κ2) is 6.88. The zero-order valence-corrected chi connectivity index (χ0v) is 17.1. The van der Waals surface area contributed by atoms with Gasteiger partial charge in [-0.3, -0.25) is 9.59 Å². The van der Waals surface area contributed by atoms with Crippen molar-refractivity contribution in [1.29, 1.82) is 0 Å². The summed E-state index contributed by atoms with van der Waals surface area (Å²) in [6.07, 6.45) is 2.09. The Kier molecular flexibility index (Phi) is 5.62. The normalized spacial score (nSPS) is 33.0. The second-order valence-corrected chi connectivity index (χ2v) is 13.6. The maximum Gasteiger partial charge on any atom is 0.228 e. The lowest BCUT2D eigenvalue weighted by molar-refractivity contribution is -0.149. The largest absolute Gasteiger partial charge is 0.413 e. The van der Waals surface area contributed by atoms with Gasteiger partial charge in [-0.15, -0.1) is 0 Å². The van der Waals surface area contributed by atoms with E-state index in [1.807, 2.05) is 6.92 Å². The highest BCUT2D eigenvalue weighted by Gasteiger charge is 2.52. The third-order valence-corrected chi connectivity index (χ3v) is 10.7. The van der Waals surface area contributed by atoms with Crippen LogP contribution in [0, 0.1) is 11.8 Å². The van der Waals surface area contributed by atoms with Crippen molar-refractivity contribution in [3.63, 3.8) is 0 Å². The van der Waals surface area contributed by atoms with Crippen molar-refractivity contribution in [3.05, 3.63) is 0 Å². The van der Waals surface area contributed by atoms with Crippen LogP contribution in [0.1, 0.15) is 47.0 Å². The van der Waals surface area contributed by atoms with E-state index in [1.165, 1.54) is 0 Å². The van der Waals surface area contributed by atoms with Crippen LogP contribution in [-0.4, -0.2) is 45.4 Å². The second-order valence-electron chi connectivity index (χ2n) is 8.81. The number of methoxy groups -OCH3 is 1. The summed E-state index contributed by atoms with van der Waals surface area (Å²) in [7, 11) is -0.361. The Morgan fingerprint density at radius 3 is 2.33 bits per heavy atom. The summed E-state index contributed by atoms with van der Waals surface area (Å²) in [4.78, 5) is 24.8. The van der Waals surface area contributed by atoms with E-state index in [0.717, 1.165) is 19.3 Å². The first-order valence-electron chi connectivity index (χ1n) is 9.04. The van der Waals surface area contributed by atoms with Crippen LogP contribution in [0.2, 0.25) is 18.1 Å². The fraction of sp³-hybridized carbons (Fsp3) is 0.889. The molecule has 0 spiro atoms. The molecule has 1 saturated heterocycles. The molecule has 5 atom stereocenters. The first-order chi connectivity index (χ1) is 11.0. The number of nitrogens with one attached hydrogen (secondary N) is 1. The molecule has 2 aliphatic rings. The van der Waals surface area contributed by atoms with Gasteiger partial charge >= 0.3 is 0 Å². The van der Waals surface area contributed by atoms with E-state index in [0.29, 0.717) is 0 Å². The van der Waals surface area contributed by atoms with Crippen molar-refractivity contribution in [2.45, 2.75) is 83.3 Å². The van der Waals surface area contributed by atoms with Gasteiger partial charge < -0.3 is 14.5 Å². The van der Waals surface area contributed by atoms with Crippen molar-refractivity contribution in [2.75, 3.05) is 7.11 Å². The molecule has 1 amide bonds. The number of β-lactam (4-membered cyclic amide) rings is 1. The molecule has 0 aromatic heterocycles. The predicted molar refractivity (Wildman–Crippen MR) is 96.3 cm³/mol. The molecule has 0 aromatic rings. The van der Waals surface area contributed by atoms with E-state index in [-0.39, 0.29) is 46.8 Å². The zero-order valence-electron chi connectivity index (χ0n) is 16.1. The fourth-order valence-electron chi connectivity index (χ4n) is 3.62. The van der Waals surface area contributed by atoms with Crippen LogP contribution in [0.5, 0.6) is 0 Å². The fourth-order valence-corrected chi connectivity index (χ4v) is 5.05. The Morgan fingerprint density at radius 2 is 1.83 bits per heavy atom. The minimum Gasteiger partial charge on any atom is -0.413 e. The number of amides is 1. The molecule has 1 aliphatic carbocycles. The molecule has 2 rings (SSSR count). The van der Waals surface area contributed by atoms with E-state index in [2.05, 4.69) is 39.2 Å². The summed E-state index contributed by atoms with van der Waals surface area (Å²) < 4.78 is 11.7. The van der Waals surface area contributed by atoms with E-state index in [1.54, 1.807) is 7.11 Å². The van der Waals surface area contributed by atoms with E-state index in [4.69, 9.17) is 9.16 Å². The number of carbonyl (C=O) groups is 2. The topological polar surface area (TPSA) is 64.6 Å². The quantitative estimate of drug-likeness (QED) is 0.608. The highest BCUT2D eigenvalue weighted by atomic mass is 28.4. The van der Waals surface area contributed by atoms with Crippen LogP contribution in [0.4, 0.5) is 0 Å². The summed E-state index contributed by atoms with van der Waals surface area (Å²) in [5.41, 5.74) is 0. The molecular formula is C18H33NO4Si. The van der Waals surface area contributed by atoms with Crippen LogP contribution >= 0.6 is 0 Å². The Balaban J connectivity index is 2.09. The lowest BCUT2D eigenvalue weighted by Crippen LogP contribution is -2.68. The van der Waals surface area contributed by atoms with Crippen LogP contribution in [0.3, 0.4) is 0 Å². The number of ketones is 1. The van der Waals surface area contributed by atoms with Gasteiger partial charge in [-0.2, -0.15) is 0 Å². The highest BCUT2D eigenvalue weighted by Crippen LogP contribution is 2.40. The lowest BCUT2D eigenvalue weighted by Gasteiger charge is -2.48. The minimum absolute atomic E-state index is 0.0125. The van der Waals surface area contributed by atoms with Crippen molar-refractivity contribution < 1.29 is 18.8 Å². The molecule has 1 unspecified atom stereocenters. The molecule has 1 aliphatic heterocycles. The lowest BCUT2D eigenvalue weighted by atomic mass is 9.71. The number of Topliss-reactive ketones (excluding diaryl/α,β-unsaturated/α-hetero) is 1. The molecule has 1 saturated carbocycles.